The number of anilines is 1. The molecule has 1 saturated heterocycles. The number of aromatic nitrogens is 3. The van der Waals surface area contributed by atoms with Gasteiger partial charge in [0.05, 0.1) is 11.6 Å². The van der Waals surface area contributed by atoms with Crippen molar-refractivity contribution in [3.8, 4) is 0 Å². The molecule has 2 aromatic heterocycles. The molecule has 1 N–H and O–H groups in total. The third-order valence-corrected chi connectivity index (χ3v) is 4.21. The maximum atomic E-state index is 11.3. The summed E-state index contributed by atoms with van der Waals surface area (Å²) in [6.07, 6.45) is 3.55. The number of rotatable bonds is 3. The van der Waals surface area contributed by atoms with Crippen molar-refractivity contribution < 1.29 is 9.90 Å². The van der Waals surface area contributed by atoms with Gasteiger partial charge in [0.15, 0.2) is 5.82 Å². The third-order valence-electron chi connectivity index (χ3n) is 4.21. The van der Waals surface area contributed by atoms with Crippen molar-refractivity contribution in [3.05, 3.63) is 24.2 Å². The SMILES string of the molecule is CC(C)c1cc2c(N3C[C@@H](C)[C@H](C(=O)O)C3)nccn2n1. The van der Waals surface area contributed by atoms with Crippen molar-refractivity contribution in [2.75, 3.05) is 18.0 Å². The molecule has 2 atom stereocenters. The largest absolute Gasteiger partial charge is 0.481 e. The van der Waals surface area contributed by atoms with E-state index >= 15 is 0 Å². The van der Waals surface area contributed by atoms with E-state index in [0.717, 1.165) is 17.0 Å². The van der Waals surface area contributed by atoms with Crippen LogP contribution in [-0.4, -0.2) is 38.8 Å². The molecule has 2 aromatic rings. The maximum absolute atomic E-state index is 11.3. The highest BCUT2D eigenvalue weighted by Gasteiger charge is 2.36. The van der Waals surface area contributed by atoms with Crippen molar-refractivity contribution in [3.63, 3.8) is 0 Å². The standard InChI is InChI=1S/C15H20N4O2/c1-9(2)12-6-13-14(16-4-5-19(13)17-12)18-7-10(3)11(8-18)15(20)21/h4-6,9-11H,7-8H2,1-3H3,(H,20,21)/t10-,11-/m1/s1. The zero-order valence-electron chi connectivity index (χ0n) is 12.5. The van der Waals surface area contributed by atoms with Gasteiger partial charge in [-0.15, -0.1) is 0 Å². The second-order valence-electron chi connectivity index (χ2n) is 6.13. The molecule has 21 heavy (non-hydrogen) atoms. The molecule has 0 amide bonds. The molecule has 3 rings (SSSR count). The fraction of sp³-hybridized carbons (Fsp3) is 0.533. The minimum absolute atomic E-state index is 0.122. The fourth-order valence-corrected chi connectivity index (χ4v) is 2.91. The molecule has 1 fully saturated rings. The van der Waals surface area contributed by atoms with Gasteiger partial charge in [0.1, 0.15) is 5.52 Å². The van der Waals surface area contributed by atoms with Crippen LogP contribution in [0.1, 0.15) is 32.4 Å². The van der Waals surface area contributed by atoms with Gasteiger partial charge in [-0.05, 0) is 17.9 Å². The minimum atomic E-state index is -0.728. The Hall–Kier alpha value is -2.11. The Morgan fingerprint density at radius 1 is 1.43 bits per heavy atom. The molecule has 0 saturated carbocycles. The van der Waals surface area contributed by atoms with E-state index in [1.54, 1.807) is 6.20 Å². The molecule has 0 unspecified atom stereocenters. The second kappa shape index (κ2) is 5.02. The molecule has 0 spiro atoms. The first-order chi connectivity index (χ1) is 9.97. The second-order valence-corrected chi connectivity index (χ2v) is 6.13. The topological polar surface area (TPSA) is 70.7 Å². The highest BCUT2D eigenvalue weighted by Crippen LogP contribution is 2.30. The highest BCUT2D eigenvalue weighted by atomic mass is 16.4. The number of carboxylic acid groups (broad SMARTS) is 1. The van der Waals surface area contributed by atoms with Crippen LogP contribution in [0.5, 0.6) is 0 Å². The number of carboxylic acids is 1. The van der Waals surface area contributed by atoms with Gasteiger partial charge in [0.2, 0.25) is 0 Å². The van der Waals surface area contributed by atoms with Crippen LogP contribution in [0.3, 0.4) is 0 Å². The molecular weight excluding hydrogens is 268 g/mol. The lowest BCUT2D eigenvalue weighted by atomic mass is 9.99. The Bertz CT molecular complexity index is 679. The van der Waals surface area contributed by atoms with Gasteiger partial charge in [-0.25, -0.2) is 9.50 Å². The highest BCUT2D eigenvalue weighted by molar-refractivity contribution is 5.75. The van der Waals surface area contributed by atoms with E-state index < -0.39 is 5.97 Å². The number of nitrogens with zero attached hydrogens (tertiary/aromatic N) is 4. The molecule has 0 bridgehead atoms. The van der Waals surface area contributed by atoms with Crippen molar-refractivity contribution in [2.45, 2.75) is 26.7 Å². The fourth-order valence-electron chi connectivity index (χ4n) is 2.91. The van der Waals surface area contributed by atoms with Crippen LogP contribution in [-0.2, 0) is 4.79 Å². The minimum Gasteiger partial charge on any atom is -0.481 e. The molecule has 6 heteroatoms. The van der Waals surface area contributed by atoms with Crippen molar-refractivity contribution in [1.82, 2.24) is 14.6 Å². The molecular formula is C15H20N4O2. The molecule has 112 valence electrons. The first-order valence-electron chi connectivity index (χ1n) is 7.29. The van der Waals surface area contributed by atoms with E-state index in [-0.39, 0.29) is 11.8 Å². The summed E-state index contributed by atoms with van der Waals surface area (Å²) in [6, 6.07) is 2.05. The van der Waals surface area contributed by atoms with Crippen LogP contribution in [0.2, 0.25) is 0 Å². The quantitative estimate of drug-likeness (QED) is 0.935. The number of fused-ring (bicyclic) bond motifs is 1. The van der Waals surface area contributed by atoms with Crippen molar-refractivity contribution in [2.24, 2.45) is 11.8 Å². The van der Waals surface area contributed by atoms with E-state index in [4.69, 9.17) is 0 Å². The average Bonchev–Trinajstić information content (AvgIpc) is 3.01. The summed E-state index contributed by atoms with van der Waals surface area (Å²) in [7, 11) is 0. The van der Waals surface area contributed by atoms with Gasteiger partial charge in [-0.3, -0.25) is 4.79 Å². The summed E-state index contributed by atoms with van der Waals surface area (Å²) in [5, 5.41) is 13.8. The van der Waals surface area contributed by atoms with Crippen LogP contribution < -0.4 is 4.90 Å². The Morgan fingerprint density at radius 3 is 2.81 bits per heavy atom. The molecule has 0 aliphatic carbocycles. The van der Waals surface area contributed by atoms with Crippen molar-refractivity contribution >= 4 is 17.3 Å². The van der Waals surface area contributed by atoms with Crippen LogP contribution in [0, 0.1) is 11.8 Å². The van der Waals surface area contributed by atoms with Crippen LogP contribution in [0.15, 0.2) is 18.5 Å². The van der Waals surface area contributed by atoms with Gasteiger partial charge in [-0.2, -0.15) is 5.10 Å². The van der Waals surface area contributed by atoms with Crippen LogP contribution in [0.4, 0.5) is 5.82 Å². The van der Waals surface area contributed by atoms with Crippen molar-refractivity contribution in [1.29, 1.82) is 0 Å². The smallest absolute Gasteiger partial charge is 0.308 e. The zero-order valence-corrected chi connectivity index (χ0v) is 12.5. The van der Waals surface area contributed by atoms with E-state index in [1.807, 2.05) is 23.7 Å². The maximum Gasteiger partial charge on any atom is 0.308 e. The summed E-state index contributed by atoms with van der Waals surface area (Å²) >= 11 is 0. The average molecular weight is 288 g/mol. The van der Waals surface area contributed by atoms with E-state index in [2.05, 4.69) is 28.8 Å². The predicted octanol–water partition coefficient (Wildman–Crippen LogP) is 2.01. The number of aliphatic carboxylic acids is 1. The number of carbonyl (C=O) groups is 1. The molecule has 0 aromatic carbocycles. The number of hydrogen-bond acceptors (Lipinski definition) is 4. The molecule has 0 radical (unpaired) electrons. The Morgan fingerprint density at radius 2 is 2.19 bits per heavy atom. The normalized spacial score (nSPS) is 22.4. The van der Waals surface area contributed by atoms with E-state index in [9.17, 15) is 9.90 Å². The molecule has 1 aliphatic rings. The summed E-state index contributed by atoms with van der Waals surface area (Å²) in [6.45, 7) is 7.41. The molecule has 1 aliphatic heterocycles. The molecule has 6 nitrogen and oxygen atoms in total. The molecule has 3 heterocycles. The number of hydrogen-bond donors (Lipinski definition) is 1. The van der Waals surface area contributed by atoms with Gasteiger partial charge >= 0.3 is 5.97 Å². The lowest BCUT2D eigenvalue weighted by molar-refractivity contribution is -0.142. The van der Waals surface area contributed by atoms with Gasteiger partial charge in [0.25, 0.3) is 0 Å². The van der Waals surface area contributed by atoms with Crippen LogP contribution >= 0.6 is 0 Å². The Balaban J connectivity index is 1.99. The summed E-state index contributed by atoms with van der Waals surface area (Å²) < 4.78 is 1.83. The van der Waals surface area contributed by atoms with E-state index in [1.165, 1.54) is 0 Å². The third kappa shape index (κ3) is 2.34. The lowest BCUT2D eigenvalue weighted by Gasteiger charge is -2.17. The van der Waals surface area contributed by atoms with Crippen LogP contribution in [0.25, 0.3) is 5.52 Å². The zero-order chi connectivity index (χ0) is 15.1. The summed E-state index contributed by atoms with van der Waals surface area (Å²) in [4.78, 5) is 17.8. The Labute approximate surface area is 123 Å². The van der Waals surface area contributed by atoms with E-state index in [0.29, 0.717) is 19.0 Å². The van der Waals surface area contributed by atoms with Gasteiger partial charge < -0.3 is 10.0 Å². The van der Waals surface area contributed by atoms with Gasteiger partial charge in [-0.1, -0.05) is 20.8 Å². The summed E-state index contributed by atoms with van der Waals surface area (Å²) in [5.41, 5.74) is 1.96. The first-order valence-corrected chi connectivity index (χ1v) is 7.29. The summed E-state index contributed by atoms with van der Waals surface area (Å²) in [5.74, 6) is 0.236. The first kappa shape index (κ1) is 13.9. The Kier molecular flexibility index (Phi) is 3.31. The predicted molar refractivity (Wildman–Crippen MR) is 79.6 cm³/mol. The lowest BCUT2D eigenvalue weighted by Crippen LogP contribution is -2.24. The monoisotopic (exact) mass is 288 g/mol. The van der Waals surface area contributed by atoms with Gasteiger partial charge in [0, 0.05) is 25.5 Å².